The normalized spacial score (nSPS) is 14.2. The van der Waals surface area contributed by atoms with Crippen molar-refractivity contribution in [1.82, 2.24) is 4.57 Å². The summed E-state index contributed by atoms with van der Waals surface area (Å²) >= 11 is 3.35. The van der Waals surface area contributed by atoms with Gasteiger partial charge in [0.2, 0.25) is 0 Å². The summed E-state index contributed by atoms with van der Waals surface area (Å²) in [6.07, 6.45) is 2.13. The van der Waals surface area contributed by atoms with Gasteiger partial charge in [-0.15, -0.1) is 0 Å². The van der Waals surface area contributed by atoms with E-state index in [1.54, 1.807) is 4.57 Å². The van der Waals surface area contributed by atoms with Gasteiger partial charge in [-0.25, -0.2) is 0 Å². The van der Waals surface area contributed by atoms with E-state index >= 15 is 0 Å². The molecule has 0 saturated carbocycles. The molecule has 3 rings (SSSR count). The maximum absolute atomic E-state index is 12.6. The van der Waals surface area contributed by atoms with Gasteiger partial charge in [-0.1, -0.05) is 18.2 Å². The first-order valence-electron chi connectivity index (χ1n) is 6.64. The Morgan fingerprint density at radius 3 is 2.50 bits per heavy atom. The summed E-state index contributed by atoms with van der Waals surface area (Å²) in [6, 6.07) is 9.49. The van der Waals surface area contributed by atoms with E-state index in [0.29, 0.717) is 16.5 Å². The molecule has 3 nitrogen and oxygen atoms in total. The molecule has 0 bridgehead atoms. The van der Waals surface area contributed by atoms with Crippen molar-refractivity contribution in [2.45, 2.75) is 26.2 Å². The number of hydrogen-bond acceptors (Lipinski definition) is 2. The fourth-order valence-corrected chi connectivity index (χ4v) is 3.19. The van der Waals surface area contributed by atoms with Crippen LogP contribution in [-0.2, 0) is 6.42 Å². The zero-order valence-electron chi connectivity index (χ0n) is 11.1. The van der Waals surface area contributed by atoms with Crippen molar-refractivity contribution in [3.63, 3.8) is 0 Å². The first-order chi connectivity index (χ1) is 9.61. The van der Waals surface area contributed by atoms with Crippen LogP contribution >= 0.6 is 15.9 Å². The summed E-state index contributed by atoms with van der Waals surface area (Å²) in [5.74, 6) is 0.133. The minimum absolute atomic E-state index is 0.0952. The Kier molecular flexibility index (Phi) is 3.34. The molecule has 0 amide bonds. The van der Waals surface area contributed by atoms with Crippen LogP contribution in [0, 0.1) is 6.92 Å². The lowest BCUT2D eigenvalue weighted by atomic mass is 9.91. The number of pyridine rings is 1. The fraction of sp³-hybridized carbons (Fsp3) is 0.250. The molecule has 0 atom stereocenters. The molecular weight excluding hydrogens is 318 g/mol. The molecule has 0 fully saturated rings. The molecule has 20 heavy (non-hydrogen) atoms. The first kappa shape index (κ1) is 13.3. The van der Waals surface area contributed by atoms with E-state index in [-0.39, 0.29) is 11.3 Å². The number of carbonyl (C=O) groups excluding carboxylic acids is 1. The number of nitrogens with zero attached hydrogens (tertiary/aromatic N) is 1. The van der Waals surface area contributed by atoms with Gasteiger partial charge in [-0.3, -0.25) is 14.2 Å². The molecule has 4 heteroatoms. The molecule has 0 N–H and O–H groups in total. The summed E-state index contributed by atoms with van der Waals surface area (Å²) in [7, 11) is 0. The topological polar surface area (TPSA) is 39.1 Å². The number of ketones is 1. The summed E-state index contributed by atoms with van der Waals surface area (Å²) in [6.45, 7) is 1.84. The average molecular weight is 332 g/mol. The molecule has 0 saturated heterocycles. The van der Waals surface area contributed by atoms with Crippen LogP contribution in [0.2, 0.25) is 0 Å². The summed E-state index contributed by atoms with van der Waals surface area (Å²) in [5.41, 5.74) is 3.04. The molecule has 2 aromatic rings. The quantitative estimate of drug-likeness (QED) is 0.803. The Balaban J connectivity index is 2.41. The van der Waals surface area contributed by atoms with Crippen LogP contribution < -0.4 is 5.56 Å². The largest absolute Gasteiger partial charge is 0.294 e. The number of benzene rings is 1. The van der Waals surface area contributed by atoms with Gasteiger partial charge in [-0.2, -0.15) is 0 Å². The first-order valence-corrected chi connectivity index (χ1v) is 7.43. The number of aromatic nitrogens is 1. The highest BCUT2D eigenvalue weighted by Gasteiger charge is 2.26. The van der Waals surface area contributed by atoms with E-state index in [9.17, 15) is 9.59 Å². The highest BCUT2D eigenvalue weighted by molar-refractivity contribution is 9.10. The van der Waals surface area contributed by atoms with Crippen LogP contribution in [0.15, 0.2) is 39.6 Å². The Morgan fingerprint density at radius 1 is 1.10 bits per heavy atom. The maximum atomic E-state index is 12.6. The Hall–Kier alpha value is -1.68. The summed E-state index contributed by atoms with van der Waals surface area (Å²) in [5, 5.41) is 0. The van der Waals surface area contributed by atoms with E-state index in [1.165, 1.54) is 0 Å². The number of hydrogen-bond donors (Lipinski definition) is 0. The molecule has 0 unspecified atom stereocenters. The molecule has 0 spiro atoms. The third-order valence-corrected chi connectivity index (χ3v) is 4.70. The van der Waals surface area contributed by atoms with Crippen molar-refractivity contribution in [2.75, 3.05) is 0 Å². The molecular formula is C16H14BrNO2. The molecule has 1 aliphatic carbocycles. The van der Waals surface area contributed by atoms with Gasteiger partial charge in [0, 0.05) is 23.4 Å². The Bertz CT molecular complexity index is 747. The number of rotatable bonds is 1. The van der Waals surface area contributed by atoms with Gasteiger partial charge in [0.05, 0.1) is 4.47 Å². The minimum atomic E-state index is -0.0952. The standard InChI is InChI=1S/C16H14BrNO2/c1-10-14-12(8-5-9-13(14)19)18(16(20)15(10)17)11-6-3-2-4-7-11/h2-4,6-7H,5,8-9H2,1H3. The summed E-state index contributed by atoms with van der Waals surface area (Å²) < 4.78 is 2.15. The lowest BCUT2D eigenvalue weighted by Crippen LogP contribution is -2.29. The van der Waals surface area contributed by atoms with Crippen molar-refractivity contribution < 1.29 is 4.79 Å². The van der Waals surface area contributed by atoms with Crippen LogP contribution in [0.1, 0.15) is 34.5 Å². The number of para-hydroxylation sites is 1. The number of Topliss-reactive ketones (excluding diaryl/α,β-unsaturated/α-hetero) is 1. The maximum Gasteiger partial charge on any atom is 0.269 e. The predicted octanol–water partition coefficient (Wildman–Crippen LogP) is 3.43. The lowest BCUT2D eigenvalue weighted by molar-refractivity contribution is 0.0970. The SMILES string of the molecule is Cc1c2c(n(-c3ccccc3)c(=O)c1Br)CCCC2=O. The van der Waals surface area contributed by atoms with E-state index in [2.05, 4.69) is 15.9 Å². The molecule has 1 aromatic carbocycles. The third-order valence-electron chi connectivity index (χ3n) is 3.76. The highest BCUT2D eigenvalue weighted by atomic mass is 79.9. The van der Waals surface area contributed by atoms with Crippen molar-refractivity contribution in [2.24, 2.45) is 0 Å². The van der Waals surface area contributed by atoms with E-state index < -0.39 is 0 Å². The monoisotopic (exact) mass is 331 g/mol. The Morgan fingerprint density at radius 2 is 1.80 bits per heavy atom. The molecule has 1 aromatic heterocycles. The fourth-order valence-electron chi connectivity index (χ4n) is 2.82. The third kappa shape index (κ3) is 1.95. The second-order valence-corrected chi connectivity index (χ2v) is 5.81. The number of fused-ring (bicyclic) bond motifs is 1. The molecule has 1 heterocycles. The zero-order valence-corrected chi connectivity index (χ0v) is 12.7. The van der Waals surface area contributed by atoms with Gasteiger partial charge < -0.3 is 0 Å². The number of carbonyl (C=O) groups is 1. The minimum Gasteiger partial charge on any atom is -0.294 e. The predicted molar refractivity (Wildman–Crippen MR) is 81.7 cm³/mol. The van der Waals surface area contributed by atoms with Crippen molar-refractivity contribution in [3.8, 4) is 5.69 Å². The molecule has 102 valence electrons. The smallest absolute Gasteiger partial charge is 0.269 e. The molecule has 1 aliphatic rings. The molecule has 0 aliphatic heterocycles. The zero-order chi connectivity index (χ0) is 14.3. The Labute approximate surface area is 125 Å². The summed E-state index contributed by atoms with van der Waals surface area (Å²) in [4.78, 5) is 24.8. The van der Waals surface area contributed by atoms with Crippen LogP contribution in [0.25, 0.3) is 5.69 Å². The van der Waals surface area contributed by atoms with Gasteiger partial charge in [0.15, 0.2) is 5.78 Å². The lowest BCUT2D eigenvalue weighted by Gasteiger charge is -2.23. The highest BCUT2D eigenvalue weighted by Crippen LogP contribution is 2.28. The van der Waals surface area contributed by atoms with Crippen molar-refractivity contribution in [1.29, 1.82) is 0 Å². The van der Waals surface area contributed by atoms with Crippen LogP contribution in [0.5, 0.6) is 0 Å². The van der Waals surface area contributed by atoms with Crippen LogP contribution in [0.3, 0.4) is 0 Å². The second kappa shape index (κ2) is 5.02. The van der Waals surface area contributed by atoms with E-state index in [4.69, 9.17) is 0 Å². The van der Waals surface area contributed by atoms with Gasteiger partial charge in [0.1, 0.15) is 0 Å². The second-order valence-electron chi connectivity index (χ2n) is 5.01. The van der Waals surface area contributed by atoms with Gasteiger partial charge >= 0.3 is 0 Å². The van der Waals surface area contributed by atoms with Crippen molar-refractivity contribution >= 4 is 21.7 Å². The van der Waals surface area contributed by atoms with Gasteiger partial charge in [-0.05, 0) is 53.4 Å². The number of halogens is 1. The van der Waals surface area contributed by atoms with E-state index in [1.807, 2.05) is 37.3 Å². The van der Waals surface area contributed by atoms with Crippen LogP contribution in [-0.4, -0.2) is 10.4 Å². The van der Waals surface area contributed by atoms with Gasteiger partial charge in [0.25, 0.3) is 5.56 Å². The average Bonchev–Trinajstić information content (AvgIpc) is 2.46. The molecule has 0 radical (unpaired) electrons. The van der Waals surface area contributed by atoms with Crippen LogP contribution in [0.4, 0.5) is 0 Å². The van der Waals surface area contributed by atoms with Crippen molar-refractivity contribution in [3.05, 3.63) is 62.0 Å². The van der Waals surface area contributed by atoms with E-state index in [0.717, 1.165) is 29.8 Å².